The molecule has 1 aliphatic carbocycles. The van der Waals surface area contributed by atoms with Gasteiger partial charge in [-0.15, -0.1) is 0 Å². The van der Waals surface area contributed by atoms with Crippen LogP contribution in [0.15, 0.2) is 30.5 Å². The van der Waals surface area contributed by atoms with Gasteiger partial charge in [0.2, 0.25) is 5.91 Å². The largest absolute Gasteiger partial charge is 0.366 e. The van der Waals surface area contributed by atoms with Crippen molar-refractivity contribution in [2.24, 2.45) is 29.4 Å². The molecule has 4 aliphatic rings. The number of carbonyl (C=O) groups is 1. The SMILES string of the molecule is NC(=O)c1ccc2c(ccn2CC2[C@H]3CC4C[C@H]2CN(C4)C3)c1. The number of carbonyl (C=O) groups excluding carboxylic acids is 1. The maximum absolute atomic E-state index is 11.3. The lowest BCUT2D eigenvalue weighted by molar-refractivity contribution is -0.0691. The Labute approximate surface area is 136 Å². The van der Waals surface area contributed by atoms with Gasteiger partial charge in [0.1, 0.15) is 0 Å². The minimum Gasteiger partial charge on any atom is -0.366 e. The second kappa shape index (κ2) is 4.84. The molecule has 0 unspecified atom stereocenters. The molecule has 0 radical (unpaired) electrons. The van der Waals surface area contributed by atoms with Crippen molar-refractivity contribution in [3.8, 4) is 0 Å². The molecule has 2 N–H and O–H groups in total. The smallest absolute Gasteiger partial charge is 0.248 e. The Balaban J connectivity index is 1.44. The fourth-order valence-corrected chi connectivity index (χ4v) is 5.55. The van der Waals surface area contributed by atoms with Crippen LogP contribution in [0.4, 0.5) is 0 Å². The zero-order chi connectivity index (χ0) is 15.6. The van der Waals surface area contributed by atoms with Crippen LogP contribution in [-0.2, 0) is 6.54 Å². The summed E-state index contributed by atoms with van der Waals surface area (Å²) in [6, 6.07) is 7.93. The summed E-state index contributed by atoms with van der Waals surface area (Å²) in [7, 11) is 0. The van der Waals surface area contributed by atoms with Crippen molar-refractivity contribution in [2.45, 2.75) is 19.4 Å². The normalized spacial score (nSPS) is 35.0. The molecule has 2 atom stereocenters. The number of nitrogens with zero attached hydrogens (tertiary/aromatic N) is 2. The monoisotopic (exact) mass is 309 g/mol. The van der Waals surface area contributed by atoms with Gasteiger partial charge in [-0.2, -0.15) is 0 Å². The second-order valence-electron chi connectivity index (χ2n) is 7.85. The lowest BCUT2D eigenvalue weighted by Gasteiger charge is -2.56. The van der Waals surface area contributed by atoms with Crippen LogP contribution in [-0.4, -0.2) is 35.0 Å². The van der Waals surface area contributed by atoms with Gasteiger partial charge in [0, 0.05) is 48.8 Å². The van der Waals surface area contributed by atoms with Gasteiger partial charge in [0.05, 0.1) is 0 Å². The maximum atomic E-state index is 11.3. The summed E-state index contributed by atoms with van der Waals surface area (Å²) >= 11 is 0. The standard InChI is InChI=1S/C19H23N3O/c20-19(23)14-1-2-18-13(7-14)3-4-22(18)11-17-15-5-12-6-16(17)10-21(8-12)9-15/h1-4,7,12,15-17H,5-6,8-11H2,(H2,20,23)/t12?,15-,16-,17?/m0/s1. The molecule has 4 bridgehead atoms. The lowest BCUT2D eigenvalue weighted by Crippen LogP contribution is -2.58. The van der Waals surface area contributed by atoms with Crippen molar-refractivity contribution >= 4 is 16.8 Å². The van der Waals surface area contributed by atoms with E-state index < -0.39 is 0 Å². The summed E-state index contributed by atoms with van der Waals surface area (Å²) in [5.41, 5.74) is 7.21. The number of fused-ring (bicyclic) bond motifs is 1. The molecule has 1 amide bonds. The highest BCUT2D eigenvalue weighted by atomic mass is 16.1. The van der Waals surface area contributed by atoms with Gasteiger partial charge in [-0.25, -0.2) is 0 Å². The number of amides is 1. The van der Waals surface area contributed by atoms with E-state index in [4.69, 9.17) is 5.73 Å². The van der Waals surface area contributed by atoms with E-state index >= 15 is 0 Å². The highest BCUT2D eigenvalue weighted by Gasteiger charge is 2.47. The Morgan fingerprint density at radius 3 is 2.61 bits per heavy atom. The van der Waals surface area contributed by atoms with Crippen molar-refractivity contribution in [1.82, 2.24) is 9.47 Å². The van der Waals surface area contributed by atoms with Crippen LogP contribution in [0.1, 0.15) is 23.2 Å². The Morgan fingerprint density at radius 1 is 1.13 bits per heavy atom. The van der Waals surface area contributed by atoms with Crippen LogP contribution in [0.5, 0.6) is 0 Å². The summed E-state index contributed by atoms with van der Waals surface area (Å²) in [6.45, 7) is 5.09. The van der Waals surface area contributed by atoms with E-state index in [1.165, 1.54) is 38.0 Å². The minimum absolute atomic E-state index is 0.352. The van der Waals surface area contributed by atoms with Crippen LogP contribution in [0.2, 0.25) is 0 Å². The summed E-state index contributed by atoms with van der Waals surface area (Å²) in [4.78, 5) is 14.0. The highest BCUT2D eigenvalue weighted by molar-refractivity contribution is 5.97. The average Bonchev–Trinajstić information content (AvgIpc) is 2.92. The van der Waals surface area contributed by atoms with Crippen LogP contribution >= 0.6 is 0 Å². The predicted molar refractivity (Wildman–Crippen MR) is 90.1 cm³/mol. The molecule has 120 valence electrons. The number of benzene rings is 1. The topological polar surface area (TPSA) is 51.3 Å². The van der Waals surface area contributed by atoms with Gasteiger partial charge in [-0.3, -0.25) is 4.79 Å². The third kappa shape index (κ3) is 2.12. The van der Waals surface area contributed by atoms with Gasteiger partial charge in [-0.1, -0.05) is 0 Å². The van der Waals surface area contributed by atoms with E-state index in [0.29, 0.717) is 5.56 Å². The zero-order valence-electron chi connectivity index (χ0n) is 13.3. The molecule has 6 rings (SSSR count). The van der Waals surface area contributed by atoms with E-state index in [1.54, 1.807) is 0 Å². The zero-order valence-corrected chi connectivity index (χ0v) is 13.3. The minimum atomic E-state index is -0.352. The third-order valence-corrected chi connectivity index (χ3v) is 6.45. The van der Waals surface area contributed by atoms with Gasteiger partial charge >= 0.3 is 0 Å². The number of nitrogens with two attached hydrogens (primary N) is 1. The Bertz CT molecular complexity index is 750. The summed E-state index contributed by atoms with van der Waals surface area (Å²) in [5.74, 6) is 3.18. The van der Waals surface area contributed by atoms with Gasteiger partial charge in [0.25, 0.3) is 0 Å². The average molecular weight is 309 g/mol. The Hall–Kier alpha value is -1.81. The van der Waals surface area contributed by atoms with E-state index in [1.807, 2.05) is 12.1 Å². The molecule has 0 spiro atoms. The molecule has 2 aromatic rings. The fourth-order valence-electron chi connectivity index (χ4n) is 5.55. The van der Waals surface area contributed by atoms with Gasteiger partial charge in [0.15, 0.2) is 0 Å². The summed E-state index contributed by atoms with van der Waals surface area (Å²) < 4.78 is 2.39. The molecular formula is C19H23N3O. The van der Waals surface area contributed by atoms with E-state index in [0.717, 1.165) is 35.6 Å². The lowest BCUT2D eigenvalue weighted by atomic mass is 9.62. The van der Waals surface area contributed by atoms with Crippen molar-refractivity contribution in [2.75, 3.05) is 19.6 Å². The van der Waals surface area contributed by atoms with E-state index in [2.05, 4.69) is 27.8 Å². The van der Waals surface area contributed by atoms with E-state index in [-0.39, 0.29) is 5.91 Å². The quantitative estimate of drug-likeness (QED) is 0.946. The number of piperidine rings is 3. The number of rotatable bonds is 3. The molecule has 3 saturated heterocycles. The first-order valence-electron chi connectivity index (χ1n) is 8.78. The van der Waals surface area contributed by atoms with E-state index in [9.17, 15) is 4.79 Å². The second-order valence-corrected chi connectivity index (χ2v) is 7.85. The van der Waals surface area contributed by atoms with Gasteiger partial charge in [-0.05, 0) is 60.8 Å². The molecule has 4 heteroatoms. The van der Waals surface area contributed by atoms with Crippen molar-refractivity contribution in [3.63, 3.8) is 0 Å². The molecule has 4 heterocycles. The molecule has 1 aromatic heterocycles. The first kappa shape index (κ1) is 13.6. The molecule has 23 heavy (non-hydrogen) atoms. The molecular weight excluding hydrogens is 286 g/mol. The molecule has 4 nitrogen and oxygen atoms in total. The molecule has 1 aromatic carbocycles. The Kier molecular flexibility index (Phi) is 2.87. The van der Waals surface area contributed by atoms with Crippen molar-refractivity contribution < 1.29 is 4.79 Å². The number of hydrogen-bond donors (Lipinski definition) is 1. The summed E-state index contributed by atoms with van der Waals surface area (Å²) in [6.07, 6.45) is 5.05. The third-order valence-electron chi connectivity index (χ3n) is 6.45. The first-order chi connectivity index (χ1) is 11.2. The molecule has 3 aliphatic heterocycles. The summed E-state index contributed by atoms with van der Waals surface area (Å²) in [5, 5.41) is 1.12. The fraction of sp³-hybridized carbons (Fsp3) is 0.526. The Morgan fingerprint density at radius 2 is 1.91 bits per heavy atom. The van der Waals surface area contributed by atoms with Crippen molar-refractivity contribution in [3.05, 3.63) is 36.0 Å². The van der Waals surface area contributed by atoms with Gasteiger partial charge < -0.3 is 15.2 Å². The number of aromatic nitrogens is 1. The predicted octanol–water partition coefficient (Wildman–Crippen LogP) is 2.33. The molecule has 4 fully saturated rings. The van der Waals surface area contributed by atoms with Crippen LogP contribution in [0.25, 0.3) is 10.9 Å². The van der Waals surface area contributed by atoms with Crippen molar-refractivity contribution in [1.29, 1.82) is 0 Å². The highest BCUT2D eigenvalue weighted by Crippen LogP contribution is 2.47. The first-order valence-corrected chi connectivity index (χ1v) is 8.78. The molecule has 1 saturated carbocycles. The van der Waals surface area contributed by atoms with Crippen LogP contribution in [0.3, 0.4) is 0 Å². The van der Waals surface area contributed by atoms with Crippen LogP contribution in [0, 0.1) is 23.7 Å². The maximum Gasteiger partial charge on any atom is 0.248 e. The van der Waals surface area contributed by atoms with Crippen LogP contribution < -0.4 is 5.73 Å². The number of hydrogen-bond acceptors (Lipinski definition) is 2. The number of primary amides is 1.